The Balaban J connectivity index is 1.46. The van der Waals surface area contributed by atoms with Crippen molar-refractivity contribution in [2.45, 2.75) is 13.5 Å². The molecule has 0 aromatic carbocycles. The zero-order valence-electron chi connectivity index (χ0n) is 11.9. The van der Waals surface area contributed by atoms with Gasteiger partial charge in [0.15, 0.2) is 5.65 Å². The predicted molar refractivity (Wildman–Crippen MR) is 76.7 cm³/mol. The molecule has 0 bridgehead atoms. The first-order valence-corrected chi connectivity index (χ1v) is 7.13. The average Bonchev–Trinajstić information content (AvgIpc) is 2.84. The molecule has 2 aromatic heterocycles. The fourth-order valence-electron chi connectivity index (χ4n) is 2.42. The summed E-state index contributed by atoms with van der Waals surface area (Å²) in [5, 5.41) is 7.84. The highest BCUT2D eigenvalue weighted by atomic mass is 16.5. The van der Waals surface area contributed by atoms with Gasteiger partial charge in [0.25, 0.3) is 0 Å². The van der Waals surface area contributed by atoms with E-state index >= 15 is 0 Å². The van der Waals surface area contributed by atoms with Crippen molar-refractivity contribution in [1.29, 1.82) is 0 Å². The third kappa shape index (κ3) is 3.33. The molecule has 0 radical (unpaired) electrons. The molecule has 3 heterocycles. The van der Waals surface area contributed by atoms with Crippen molar-refractivity contribution in [1.82, 2.24) is 24.8 Å². The molecule has 0 unspecified atom stereocenters. The summed E-state index contributed by atoms with van der Waals surface area (Å²) in [5.41, 5.74) is 3.05. The van der Waals surface area contributed by atoms with Crippen LogP contribution in [0.3, 0.4) is 0 Å². The normalized spacial score (nSPS) is 16.9. The number of aromatic nitrogens is 3. The van der Waals surface area contributed by atoms with Gasteiger partial charge < -0.3 is 10.1 Å². The number of hydrogen-bond acceptors (Lipinski definition) is 5. The molecule has 0 atom stereocenters. The third-order valence-electron chi connectivity index (χ3n) is 3.53. The standard InChI is InChI=1S/C14H21N5O/c1-12-8-14-16-10-13(11-19(14)17-12)9-15-2-3-18-4-6-20-7-5-18/h8,10-11,15H,2-7,9H2,1H3. The number of hydrogen-bond donors (Lipinski definition) is 1. The van der Waals surface area contributed by atoms with E-state index in [1.807, 2.05) is 29.9 Å². The Morgan fingerprint density at radius 3 is 3.05 bits per heavy atom. The molecule has 0 spiro atoms. The van der Waals surface area contributed by atoms with Gasteiger partial charge in [-0.3, -0.25) is 4.90 Å². The molecule has 6 nitrogen and oxygen atoms in total. The molecule has 0 saturated carbocycles. The molecule has 1 saturated heterocycles. The molecular formula is C14H21N5O. The van der Waals surface area contributed by atoms with Crippen LogP contribution in [-0.4, -0.2) is 58.9 Å². The number of nitrogens with zero attached hydrogens (tertiary/aromatic N) is 4. The average molecular weight is 275 g/mol. The first kappa shape index (κ1) is 13.5. The lowest BCUT2D eigenvalue weighted by Gasteiger charge is -2.26. The van der Waals surface area contributed by atoms with E-state index in [9.17, 15) is 0 Å². The maximum atomic E-state index is 5.34. The van der Waals surface area contributed by atoms with Crippen molar-refractivity contribution in [3.63, 3.8) is 0 Å². The minimum atomic E-state index is 0.826. The van der Waals surface area contributed by atoms with Gasteiger partial charge in [0.05, 0.1) is 18.9 Å². The summed E-state index contributed by atoms with van der Waals surface area (Å²) in [6.07, 6.45) is 3.95. The minimum Gasteiger partial charge on any atom is -0.379 e. The molecule has 20 heavy (non-hydrogen) atoms. The summed E-state index contributed by atoms with van der Waals surface area (Å²) in [5.74, 6) is 0. The van der Waals surface area contributed by atoms with Crippen LogP contribution in [0.2, 0.25) is 0 Å². The number of fused-ring (bicyclic) bond motifs is 1. The van der Waals surface area contributed by atoms with Gasteiger partial charge in [0, 0.05) is 56.7 Å². The highest BCUT2D eigenvalue weighted by Gasteiger charge is 2.09. The minimum absolute atomic E-state index is 0.826. The molecule has 6 heteroatoms. The fourth-order valence-corrected chi connectivity index (χ4v) is 2.42. The molecule has 0 amide bonds. The van der Waals surface area contributed by atoms with Gasteiger partial charge in [-0.1, -0.05) is 0 Å². The Labute approximate surface area is 118 Å². The summed E-state index contributed by atoms with van der Waals surface area (Å²) in [4.78, 5) is 6.83. The van der Waals surface area contributed by atoms with Crippen LogP contribution in [0.5, 0.6) is 0 Å². The van der Waals surface area contributed by atoms with Crippen molar-refractivity contribution >= 4 is 5.65 Å². The van der Waals surface area contributed by atoms with E-state index in [0.29, 0.717) is 0 Å². The van der Waals surface area contributed by atoms with Gasteiger partial charge in [-0.25, -0.2) is 9.50 Å². The van der Waals surface area contributed by atoms with E-state index in [0.717, 1.165) is 62.8 Å². The lowest BCUT2D eigenvalue weighted by molar-refractivity contribution is 0.0384. The van der Waals surface area contributed by atoms with Crippen LogP contribution in [0.25, 0.3) is 5.65 Å². The highest BCUT2D eigenvalue weighted by Crippen LogP contribution is 2.04. The molecule has 108 valence electrons. The van der Waals surface area contributed by atoms with Crippen LogP contribution in [0.15, 0.2) is 18.5 Å². The quantitative estimate of drug-likeness (QED) is 0.804. The second kappa shape index (κ2) is 6.30. The number of morpholine rings is 1. The zero-order valence-corrected chi connectivity index (χ0v) is 11.9. The summed E-state index contributed by atoms with van der Waals surface area (Å²) in [6.45, 7) is 8.67. The van der Waals surface area contributed by atoms with Crippen molar-refractivity contribution in [3.8, 4) is 0 Å². The molecule has 1 N–H and O–H groups in total. The Bertz CT molecular complexity index is 562. The van der Waals surface area contributed by atoms with Gasteiger partial charge in [0.2, 0.25) is 0 Å². The van der Waals surface area contributed by atoms with E-state index in [2.05, 4.69) is 20.3 Å². The van der Waals surface area contributed by atoms with E-state index < -0.39 is 0 Å². The van der Waals surface area contributed by atoms with Crippen LogP contribution in [0, 0.1) is 6.92 Å². The Kier molecular flexibility index (Phi) is 4.25. The zero-order chi connectivity index (χ0) is 13.8. The third-order valence-corrected chi connectivity index (χ3v) is 3.53. The second-order valence-corrected chi connectivity index (χ2v) is 5.18. The maximum Gasteiger partial charge on any atom is 0.155 e. The van der Waals surface area contributed by atoms with Gasteiger partial charge in [-0.15, -0.1) is 0 Å². The van der Waals surface area contributed by atoms with Crippen molar-refractivity contribution in [3.05, 3.63) is 29.7 Å². The monoisotopic (exact) mass is 275 g/mol. The Morgan fingerprint density at radius 1 is 1.35 bits per heavy atom. The number of nitrogens with one attached hydrogen (secondary N) is 1. The van der Waals surface area contributed by atoms with Gasteiger partial charge >= 0.3 is 0 Å². The molecular weight excluding hydrogens is 254 g/mol. The molecule has 0 aliphatic carbocycles. The van der Waals surface area contributed by atoms with Gasteiger partial charge in [-0.2, -0.15) is 5.10 Å². The second-order valence-electron chi connectivity index (χ2n) is 5.18. The van der Waals surface area contributed by atoms with Crippen molar-refractivity contribution in [2.75, 3.05) is 39.4 Å². The van der Waals surface area contributed by atoms with Crippen LogP contribution in [0.1, 0.15) is 11.3 Å². The van der Waals surface area contributed by atoms with Crippen LogP contribution in [0.4, 0.5) is 0 Å². The largest absolute Gasteiger partial charge is 0.379 e. The SMILES string of the molecule is Cc1cc2ncc(CNCCN3CCOCC3)cn2n1. The lowest BCUT2D eigenvalue weighted by Crippen LogP contribution is -2.40. The maximum absolute atomic E-state index is 5.34. The van der Waals surface area contributed by atoms with E-state index in [1.54, 1.807) is 0 Å². The smallest absolute Gasteiger partial charge is 0.155 e. The van der Waals surface area contributed by atoms with Crippen molar-refractivity contribution < 1.29 is 4.74 Å². The topological polar surface area (TPSA) is 54.7 Å². The van der Waals surface area contributed by atoms with Crippen molar-refractivity contribution in [2.24, 2.45) is 0 Å². The van der Waals surface area contributed by atoms with Gasteiger partial charge in [-0.05, 0) is 6.92 Å². The first-order chi connectivity index (χ1) is 9.81. The number of ether oxygens (including phenoxy) is 1. The van der Waals surface area contributed by atoms with E-state index in [-0.39, 0.29) is 0 Å². The summed E-state index contributed by atoms with van der Waals surface area (Å²) in [7, 11) is 0. The first-order valence-electron chi connectivity index (χ1n) is 7.13. The Morgan fingerprint density at radius 2 is 2.20 bits per heavy atom. The Hall–Kier alpha value is -1.50. The fraction of sp³-hybridized carbons (Fsp3) is 0.571. The van der Waals surface area contributed by atoms with Crippen LogP contribution in [-0.2, 0) is 11.3 Å². The molecule has 2 aromatic rings. The summed E-state index contributed by atoms with van der Waals surface area (Å²) in [6, 6.07) is 1.98. The molecule has 1 aliphatic rings. The molecule has 1 fully saturated rings. The van der Waals surface area contributed by atoms with Gasteiger partial charge in [0.1, 0.15) is 0 Å². The highest BCUT2D eigenvalue weighted by molar-refractivity contribution is 5.38. The number of aryl methyl sites for hydroxylation is 1. The van der Waals surface area contributed by atoms with Crippen LogP contribution < -0.4 is 5.32 Å². The number of rotatable bonds is 5. The van der Waals surface area contributed by atoms with E-state index in [1.165, 1.54) is 0 Å². The summed E-state index contributed by atoms with van der Waals surface area (Å²) < 4.78 is 7.18. The van der Waals surface area contributed by atoms with Crippen LogP contribution >= 0.6 is 0 Å². The summed E-state index contributed by atoms with van der Waals surface area (Å²) >= 11 is 0. The molecule has 1 aliphatic heterocycles. The molecule has 3 rings (SSSR count). The van der Waals surface area contributed by atoms with E-state index in [4.69, 9.17) is 4.74 Å². The lowest BCUT2D eigenvalue weighted by atomic mass is 10.3. The predicted octanol–water partition coefficient (Wildman–Crippen LogP) is 0.460.